The van der Waals surface area contributed by atoms with Gasteiger partial charge in [0.25, 0.3) is 0 Å². The zero-order chi connectivity index (χ0) is 11.5. The molecule has 2 rings (SSSR count). The lowest BCUT2D eigenvalue weighted by Crippen LogP contribution is -2.50. The van der Waals surface area contributed by atoms with Gasteiger partial charge >= 0.3 is 0 Å². The number of hydrogen-bond acceptors (Lipinski definition) is 2. The van der Waals surface area contributed by atoms with Gasteiger partial charge in [0.15, 0.2) is 0 Å². The van der Waals surface area contributed by atoms with E-state index in [0.29, 0.717) is 5.41 Å². The highest BCUT2D eigenvalue weighted by Crippen LogP contribution is 2.47. The third-order valence-corrected chi connectivity index (χ3v) is 5.66. The zero-order valence-corrected chi connectivity index (χ0v) is 11.3. The average Bonchev–Trinajstić information content (AvgIpc) is 2.23. The highest BCUT2D eigenvalue weighted by atomic mass is 32.2. The van der Waals surface area contributed by atoms with E-state index in [2.05, 4.69) is 6.92 Å². The number of ether oxygens (including phenoxy) is 1. The molecule has 1 saturated heterocycles. The summed E-state index contributed by atoms with van der Waals surface area (Å²) < 4.78 is 16.6. The highest BCUT2D eigenvalue weighted by molar-refractivity contribution is 7.86. The van der Waals surface area contributed by atoms with E-state index < -0.39 is 10.8 Å². The Kier molecular flexibility index (Phi) is 4.36. The molecule has 0 atom stereocenters. The average molecular weight is 232 g/mol. The molecule has 0 aromatic rings. The van der Waals surface area contributed by atoms with Gasteiger partial charge in [-0.1, -0.05) is 13.8 Å². The van der Waals surface area contributed by atoms with Crippen molar-refractivity contribution in [1.82, 2.24) is 0 Å². The van der Waals surface area contributed by atoms with Gasteiger partial charge in [-0.2, -0.15) is 0 Å². The molecule has 0 aromatic carbocycles. The van der Waals surface area contributed by atoms with Crippen molar-refractivity contribution in [3.05, 3.63) is 0 Å². The largest absolute Gasteiger partial charge is 0.379 e. The van der Waals surface area contributed by atoms with Gasteiger partial charge in [-0.25, -0.2) is 0 Å². The van der Waals surface area contributed by atoms with E-state index in [4.69, 9.17) is 4.74 Å². The van der Waals surface area contributed by atoms with Crippen molar-refractivity contribution in [2.24, 2.45) is 5.41 Å². The van der Waals surface area contributed by atoms with Crippen LogP contribution in [0.3, 0.4) is 0 Å². The second-order valence-electron chi connectivity index (χ2n) is 4.88. The van der Waals surface area contributed by atoms with Crippen LogP contribution < -0.4 is 0 Å². The van der Waals surface area contributed by atoms with Gasteiger partial charge in [-0.15, -0.1) is 0 Å². The highest BCUT2D eigenvalue weighted by Gasteiger charge is 2.47. The summed E-state index contributed by atoms with van der Waals surface area (Å²) in [5.74, 6) is 1.90. The third kappa shape index (κ3) is 2.82. The molecule has 2 nitrogen and oxygen atoms in total. The van der Waals surface area contributed by atoms with Gasteiger partial charge in [-0.3, -0.25) is 4.21 Å². The van der Waals surface area contributed by atoms with Crippen LogP contribution in [0, 0.1) is 5.41 Å². The maximum atomic E-state index is 11.1. The van der Waals surface area contributed by atoms with Crippen LogP contribution in [0.25, 0.3) is 0 Å². The molecule has 0 unspecified atom stereocenters. The predicted octanol–water partition coefficient (Wildman–Crippen LogP) is 2.74. The summed E-state index contributed by atoms with van der Waals surface area (Å²) in [6.45, 7) is 6.19. The normalized spacial score (nSPS) is 44.1. The van der Waals surface area contributed by atoms with Crippen LogP contribution in [0.2, 0.25) is 0 Å². The first-order chi connectivity index (χ1) is 7.08. The molecular weight excluding hydrogens is 208 g/mol. The molecule has 1 spiro atoms. The standard InChI is InChI=1S/C10H18O2S.C2H6/c1-9(12-2)3-5-10(6-4-9)7-13(11)8-10;1-2/h3-8H2,1-2H3;1-2H3. The molecule has 0 aromatic heterocycles. The Morgan fingerprint density at radius 1 is 1.07 bits per heavy atom. The van der Waals surface area contributed by atoms with E-state index >= 15 is 0 Å². The monoisotopic (exact) mass is 232 g/mol. The fraction of sp³-hybridized carbons (Fsp3) is 1.00. The first-order valence-corrected chi connectivity index (χ1v) is 7.47. The van der Waals surface area contributed by atoms with Crippen molar-refractivity contribution in [2.75, 3.05) is 18.6 Å². The minimum absolute atomic E-state index is 0.0995. The zero-order valence-electron chi connectivity index (χ0n) is 10.5. The summed E-state index contributed by atoms with van der Waals surface area (Å²) in [6.07, 6.45) is 4.70. The minimum atomic E-state index is -0.496. The molecule has 15 heavy (non-hydrogen) atoms. The summed E-state index contributed by atoms with van der Waals surface area (Å²) in [5.41, 5.74) is 0.547. The van der Waals surface area contributed by atoms with Crippen LogP contribution in [-0.2, 0) is 15.5 Å². The molecule has 1 saturated carbocycles. The third-order valence-electron chi connectivity index (χ3n) is 3.80. The van der Waals surface area contributed by atoms with Crippen LogP contribution in [-0.4, -0.2) is 28.4 Å². The quantitative estimate of drug-likeness (QED) is 0.695. The van der Waals surface area contributed by atoms with Gasteiger partial charge in [-0.05, 0) is 38.0 Å². The van der Waals surface area contributed by atoms with Gasteiger partial charge in [0.2, 0.25) is 0 Å². The van der Waals surface area contributed by atoms with Crippen LogP contribution in [0.1, 0.15) is 46.5 Å². The molecule has 1 aliphatic carbocycles. The molecule has 0 amide bonds. The summed E-state index contributed by atoms with van der Waals surface area (Å²) in [5, 5.41) is 0. The van der Waals surface area contributed by atoms with Crippen LogP contribution >= 0.6 is 0 Å². The van der Waals surface area contributed by atoms with Crippen molar-refractivity contribution in [3.8, 4) is 0 Å². The van der Waals surface area contributed by atoms with Crippen LogP contribution in [0.4, 0.5) is 0 Å². The fourth-order valence-corrected chi connectivity index (χ4v) is 4.30. The Labute approximate surface area is 96.2 Å². The Bertz CT molecular complexity index is 220. The van der Waals surface area contributed by atoms with Crippen LogP contribution in [0.5, 0.6) is 0 Å². The van der Waals surface area contributed by atoms with Crippen molar-refractivity contribution in [1.29, 1.82) is 0 Å². The Morgan fingerprint density at radius 2 is 1.53 bits per heavy atom. The molecule has 3 heteroatoms. The first-order valence-electron chi connectivity index (χ1n) is 5.98. The molecule has 90 valence electrons. The summed E-state index contributed by atoms with van der Waals surface area (Å²) in [7, 11) is 1.31. The van der Waals surface area contributed by atoms with E-state index in [-0.39, 0.29) is 5.60 Å². The van der Waals surface area contributed by atoms with E-state index in [1.165, 1.54) is 12.8 Å². The van der Waals surface area contributed by atoms with Crippen LogP contribution in [0.15, 0.2) is 0 Å². The van der Waals surface area contributed by atoms with Gasteiger partial charge < -0.3 is 4.74 Å². The molecule has 2 aliphatic rings. The van der Waals surface area contributed by atoms with E-state index in [9.17, 15) is 4.21 Å². The Hall–Kier alpha value is 0.110. The van der Waals surface area contributed by atoms with Crippen molar-refractivity contribution >= 4 is 10.8 Å². The van der Waals surface area contributed by atoms with Gasteiger partial charge in [0, 0.05) is 29.4 Å². The second-order valence-corrected chi connectivity index (χ2v) is 6.34. The summed E-state index contributed by atoms with van der Waals surface area (Å²) in [4.78, 5) is 0. The second kappa shape index (κ2) is 4.96. The number of hydrogen-bond donors (Lipinski definition) is 0. The summed E-state index contributed by atoms with van der Waals surface area (Å²) in [6, 6.07) is 0. The SMILES string of the molecule is CC.COC1(C)CCC2(CC1)CS(=O)C2. The lowest BCUT2D eigenvalue weighted by atomic mass is 9.71. The van der Waals surface area contributed by atoms with Crippen molar-refractivity contribution < 1.29 is 8.95 Å². The van der Waals surface area contributed by atoms with E-state index in [1.54, 1.807) is 7.11 Å². The molecule has 1 aliphatic heterocycles. The topological polar surface area (TPSA) is 26.3 Å². The van der Waals surface area contributed by atoms with E-state index in [0.717, 1.165) is 24.3 Å². The minimum Gasteiger partial charge on any atom is -0.379 e. The molecule has 0 radical (unpaired) electrons. The predicted molar refractivity (Wildman–Crippen MR) is 65.5 cm³/mol. The summed E-state index contributed by atoms with van der Waals surface area (Å²) >= 11 is 0. The van der Waals surface area contributed by atoms with E-state index in [1.807, 2.05) is 13.8 Å². The lowest BCUT2D eigenvalue weighted by Gasteiger charge is -2.48. The number of methoxy groups -OCH3 is 1. The lowest BCUT2D eigenvalue weighted by molar-refractivity contribution is -0.0474. The molecule has 2 fully saturated rings. The molecule has 0 bridgehead atoms. The first kappa shape index (κ1) is 13.2. The fourth-order valence-electron chi connectivity index (χ4n) is 2.44. The maximum Gasteiger partial charge on any atom is 0.0651 e. The smallest absolute Gasteiger partial charge is 0.0651 e. The number of rotatable bonds is 1. The Morgan fingerprint density at radius 3 is 1.87 bits per heavy atom. The Balaban J connectivity index is 0.000000531. The van der Waals surface area contributed by atoms with Crippen molar-refractivity contribution in [3.63, 3.8) is 0 Å². The van der Waals surface area contributed by atoms with Gasteiger partial charge in [0.05, 0.1) is 5.60 Å². The van der Waals surface area contributed by atoms with Gasteiger partial charge in [0.1, 0.15) is 0 Å². The molecular formula is C12H24O2S. The molecule has 1 heterocycles. The van der Waals surface area contributed by atoms with Crippen molar-refractivity contribution in [2.45, 2.75) is 52.1 Å². The molecule has 0 N–H and O–H groups in total. The maximum absolute atomic E-state index is 11.1.